The first kappa shape index (κ1) is 8.90. The molecule has 0 amide bonds. The van der Waals surface area contributed by atoms with Crippen molar-refractivity contribution in [3.8, 4) is 0 Å². The molecule has 0 radical (unpaired) electrons. The van der Waals surface area contributed by atoms with Crippen molar-refractivity contribution in [2.75, 3.05) is 0 Å². The summed E-state index contributed by atoms with van der Waals surface area (Å²) in [5, 5.41) is 7.07. The maximum absolute atomic E-state index is 5.78. The average molecular weight is 192 g/mol. The van der Waals surface area contributed by atoms with Crippen LogP contribution in [0.2, 0.25) is 4.34 Å². The van der Waals surface area contributed by atoms with Gasteiger partial charge in [0.25, 0.3) is 0 Å². The summed E-state index contributed by atoms with van der Waals surface area (Å²) in [6.07, 6.45) is 0. The largest absolute Gasteiger partial charge is 0.309 e. The van der Waals surface area contributed by atoms with E-state index >= 15 is 0 Å². The summed E-state index contributed by atoms with van der Waals surface area (Å²) in [5.41, 5.74) is 0.838. The third-order valence-electron chi connectivity index (χ3n) is 1.19. The molecule has 0 aliphatic carbocycles. The molecular weight excluding hydrogens is 182 g/mol. The highest BCUT2D eigenvalue weighted by molar-refractivity contribution is 7.10. The van der Waals surface area contributed by atoms with Gasteiger partial charge in [-0.25, -0.2) is 0 Å². The summed E-state index contributed by atoms with van der Waals surface area (Å²) in [6, 6.07) is 0.452. The summed E-state index contributed by atoms with van der Waals surface area (Å²) in [5.74, 6) is 0. The number of rotatable bonds is 3. The zero-order chi connectivity index (χ0) is 8.27. The van der Waals surface area contributed by atoms with Crippen molar-refractivity contribution in [1.82, 2.24) is 14.9 Å². The first-order chi connectivity index (χ1) is 5.20. The lowest BCUT2D eigenvalue weighted by molar-refractivity contribution is 0.581. The molecule has 5 heteroatoms. The molecule has 1 heterocycles. The van der Waals surface area contributed by atoms with Gasteiger partial charge in [-0.15, -0.1) is 5.10 Å². The number of hydrogen-bond acceptors (Lipinski definition) is 4. The molecule has 3 nitrogen and oxygen atoms in total. The van der Waals surface area contributed by atoms with Crippen LogP contribution in [-0.4, -0.2) is 15.6 Å². The first-order valence-electron chi connectivity index (χ1n) is 3.40. The molecule has 11 heavy (non-hydrogen) atoms. The molecule has 0 aliphatic rings. The van der Waals surface area contributed by atoms with Crippen molar-refractivity contribution in [1.29, 1.82) is 0 Å². The number of hydrogen-bond donors (Lipinski definition) is 1. The molecule has 0 unspecified atom stereocenters. The Hall–Kier alpha value is -0.190. The Bertz CT molecular complexity index is 223. The normalized spacial score (nSPS) is 10.9. The molecule has 0 aliphatic heterocycles. The van der Waals surface area contributed by atoms with Crippen molar-refractivity contribution < 1.29 is 0 Å². The van der Waals surface area contributed by atoms with E-state index in [4.69, 9.17) is 11.6 Å². The van der Waals surface area contributed by atoms with Gasteiger partial charge in [-0.05, 0) is 0 Å². The molecule has 62 valence electrons. The summed E-state index contributed by atoms with van der Waals surface area (Å²) >= 11 is 7.00. The molecule has 0 aromatic carbocycles. The Morgan fingerprint density at radius 3 is 2.82 bits per heavy atom. The third-order valence-corrected chi connectivity index (χ3v) is 2.17. The second kappa shape index (κ2) is 3.99. The Kier molecular flexibility index (Phi) is 3.23. The van der Waals surface area contributed by atoms with Gasteiger partial charge in [0.05, 0.1) is 0 Å². The fourth-order valence-corrected chi connectivity index (χ4v) is 1.23. The number of nitrogens with one attached hydrogen (secondary N) is 1. The minimum atomic E-state index is 0.452. The lowest BCUT2D eigenvalue weighted by Gasteiger charge is -2.04. The molecule has 0 saturated carbocycles. The maximum atomic E-state index is 5.78. The van der Waals surface area contributed by atoms with E-state index in [0.717, 1.165) is 5.69 Å². The zero-order valence-electron chi connectivity index (χ0n) is 6.47. The average Bonchev–Trinajstić information content (AvgIpc) is 2.31. The molecule has 1 N–H and O–H groups in total. The molecule has 0 saturated heterocycles. The Morgan fingerprint density at radius 2 is 2.36 bits per heavy atom. The van der Waals surface area contributed by atoms with Crippen LogP contribution < -0.4 is 5.32 Å². The molecule has 0 atom stereocenters. The van der Waals surface area contributed by atoms with Gasteiger partial charge >= 0.3 is 0 Å². The van der Waals surface area contributed by atoms with E-state index < -0.39 is 0 Å². The van der Waals surface area contributed by atoms with Gasteiger partial charge in [0.15, 0.2) is 0 Å². The molecule has 1 aromatic heterocycles. The van der Waals surface area contributed by atoms with E-state index in [1.165, 1.54) is 11.5 Å². The van der Waals surface area contributed by atoms with E-state index in [9.17, 15) is 0 Å². The SMILES string of the molecule is CC(C)NCc1nnsc1Cl. The van der Waals surface area contributed by atoms with Gasteiger partial charge in [0.2, 0.25) is 0 Å². The highest BCUT2D eigenvalue weighted by Gasteiger charge is 2.04. The van der Waals surface area contributed by atoms with Crippen LogP contribution in [0.25, 0.3) is 0 Å². The highest BCUT2D eigenvalue weighted by Crippen LogP contribution is 2.16. The van der Waals surface area contributed by atoms with Crippen LogP contribution >= 0.6 is 23.1 Å². The van der Waals surface area contributed by atoms with Gasteiger partial charge in [0.1, 0.15) is 10.0 Å². The molecule has 1 rings (SSSR count). The lowest BCUT2D eigenvalue weighted by Crippen LogP contribution is -2.22. The van der Waals surface area contributed by atoms with E-state index in [0.29, 0.717) is 16.9 Å². The van der Waals surface area contributed by atoms with Crippen molar-refractivity contribution in [2.45, 2.75) is 26.4 Å². The van der Waals surface area contributed by atoms with E-state index in [1.54, 1.807) is 0 Å². The van der Waals surface area contributed by atoms with Crippen LogP contribution in [0, 0.1) is 0 Å². The molecule has 1 aromatic rings. The van der Waals surface area contributed by atoms with Crippen LogP contribution in [0.5, 0.6) is 0 Å². The highest BCUT2D eigenvalue weighted by atomic mass is 35.5. The maximum Gasteiger partial charge on any atom is 0.138 e. The Labute approximate surface area is 74.9 Å². The van der Waals surface area contributed by atoms with E-state index in [1.807, 2.05) is 0 Å². The summed E-state index contributed by atoms with van der Waals surface area (Å²) in [4.78, 5) is 0. The number of aromatic nitrogens is 2. The van der Waals surface area contributed by atoms with Gasteiger partial charge < -0.3 is 5.32 Å². The van der Waals surface area contributed by atoms with Crippen molar-refractivity contribution in [3.63, 3.8) is 0 Å². The second-order valence-electron chi connectivity index (χ2n) is 2.53. The molecule has 0 spiro atoms. The lowest BCUT2D eigenvalue weighted by atomic mass is 10.4. The number of halogens is 1. The predicted molar refractivity (Wildman–Crippen MR) is 46.9 cm³/mol. The number of nitrogens with zero attached hydrogens (tertiary/aromatic N) is 2. The van der Waals surface area contributed by atoms with Crippen LogP contribution in [0.4, 0.5) is 0 Å². The first-order valence-corrected chi connectivity index (χ1v) is 4.55. The van der Waals surface area contributed by atoms with Gasteiger partial charge in [-0.3, -0.25) is 0 Å². The minimum absolute atomic E-state index is 0.452. The monoisotopic (exact) mass is 191 g/mol. The Balaban J connectivity index is 2.44. The molecular formula is C6H10ClN3S. The predicted octanol–water partition coefficient (Wildman–Crippen LogP) is 1.69. The van der Waals surface area contributed by atoms with Gasteiger partial charge in [-0.1, -0.05) is 29.9 Å². The summed E-state index contributed by atoms with van der Waals surface area (Å²) in [6.45, 7) is 4.86. The third kappa shape index (κ3) is 2.73. The standard InChI is InChI=1S/C6H10ClN3S/c1-4(2)8-3-5-6(7)11-10-9-5/h4,8H,3H2,1-2H3. The van der Waals surface area contributed by atoms with Crippen molar-refractivity contribution >= 4 is 23.1 Å². The quantitative estimate of drug-likeness (QED) is 0.790. The smallest absolute Gasteiger partial charge is 0.138 e. The van der Waals surface area contributed by atoms with Crippen LogP contribution in [0.1, 0.15) is 19.5 Å². The summed E-state index contributed by atoms with van der Waals surface area (Å²) < 4.78 is 4.40. The van der Waals surface area contributed by atoms with Crippen LogP contribution in [0.15, 0.2) is 0 Å². The Morgan fingerprint density at radius 1 is 1.64 bits per heavy atom. The molecule has 0 bridgehead atoms. The van der Waals surface area contributed by atoms with E-state index in [2.05, 4.69) is 28.8 Å². The fourth-order valence-electron chi connectivity index (χ4n) is 0.603. The van der Waals surface area contributed by atoms with Crippen LogP contribution in [0.3, 0.4) is 0 Å². The molecule has 0 fully saturated rings. The second-order valence-corrected chi connectivity index (χ2v) is 3.89. The van der Waals surface area contributed by atoms with Crippen molar-refractivity contribution in [2.24, 2.45) is 0 Å². The van der Waals surface area contributed by atoms with Gasteiger partial charge in [-0.2, -0.15) is 0 Å². The minimum Gasteiger partial charge on any atom is -0.309 e. The van der Waals surface area contributed by atoms with E-state index in [-0.39, 0.29) is 0 Å². The van der Waals surface area contributed by atoms with Crippen LogP contribution in [-0.2, 0) is 6.54 Å². The summed E-state index contributed by atoms with van der Waals surface area (Å²) in [7, 11) is 0. The topological polar surface area (TPSA) is 37.8 Å². The zero-order valence-corrected chi connectivity index (χ0v) is 8.04. The fraction of sp³-hybridized carbons (Fsp3) is 0.667. The van der Waals surface area contributed by atoms with Crippen molar-refractivity contribution in [3.05, 3.63) is 10.0 Å². The van der Waals surface area contributed by atoms with Gasteiger partial charge in [0, 0.05) is 24.1 Å².